The van der Waals surface area contributed by atoms with Gasteiger partial charge in [-0.1, -0.05) is 54.2 Å². The van der Waals surface area contributed by atoms with Crippen LogP contribution in [-0.2, 0) is 14.6 Å². The summed E-state index contributed by atoms with van der Waals surface area (Å²) in [6, 6.07) is 16.3. The van der Waals surface area contributed by atoms with Crippen LogP contribution in [0.1, 0.15) is 11.1 Å². The fourth-order valence-electron chi connectivity index (χ4n) is 2.43. The molecule has 3 nitrogen and oxygen atoms in total. The van der Waals surface area contributed by atoms with Crippen LogP contribution in [0.25, 0.3) is 11.1 Å². The van der Waals surface area contributed by atoms with Crippen LogP contribution >= 0.6 is 11.8 Å². The summed E-state index contributed by atoms with van der Waals surface area (Å²) >= 11 is 1.28. The maximum absolute atomic E-state index is 12.2. The summed E-state index contributed by atoms with van der Waals surface area (Å²) in [5.41, 5.74) is 3.48. The first kappa shape index (κ1) is 15.1. The van der Waals surface area contributed by atoms with Gasteiger partial charge in [0.1, 0.15) is 0 Å². The van der Waals surface area contributed by atoms with E-state index in [9.17, 15) is 13.2 Å². The van der Waals surface area contributed by atoms with Crippen molar-refractivity contribution in [2.24, 2.45) is 0 Å². The lowest BCUT2D eigenvalue weighted by molar-refractivity contribution is -0.106. The second-order valence-electron chi connectivity index (χ2n) is 5.09. The first-order valence-corrected chi connectivity index (χ1v) is 9.61. The predicted molar refractivity (Wildman–Crippen MR) is 90.3 cm³/mol. The summed E-state index contributed by atoms with van der Waals surface area (Å²) in [7, 11) is -3.21. The molecule has 2 aromatic rings. The molecule has 0 N–H and O–H groups in total. The number of rotatable bonds is 3. The molecule has 0 unspecified atom stereocenters. The molecule has 112 valence electrons. The Hall–Kier alpha value is -1.85. The van der Waals surface area contributed by atoms with E-state index in [1.165, 1.54) is 18.0 Å². The largest absolute Gasteiger partial charge is 0.282 e. The lowest BCUT2D eigenvalue weighted by Crippen LogP contribution is -1.98. The highest BCUT2D eigenvalue weighted by atomic mass is 32.2. The van der Waals surface area contributed by atoms with Crippen LogP contribution in [0, 0.1) is 0 Å². The number of thioether (sulfide) groups is 1. The molecule has 1 aliphatic heterocycles. The van der Waals surface area contributed by atoms with E-state index in [0.717, 1.165) is 22.3 Å². The summed E-state index contributed by atoms with van der Waals surface area (Å²) in [5, 5.41) is 0.0633. The molecular weight excluding hydrogens is 316 g/mol. The molecule has 0 atom stereocenters. The van der Waals surface area contributed by atoms with Crippen LogP contribution in [0.5, 0.6) is 0 Å². The molecule has 3 rings (SSSR count). The molecule has 0 spiro atoms. The molecule has 0 saturated carbocycles. The fraction of sp³-hybridized carbons (Fsp3) is 0.118. The van der Waals surface area contributed by atoms with Gasteiger partial charge in [-0.25, -0.2) is 8.42 Å². The van der Waals surface area contributed by atoms with Gasteiger partial charge < -0.3 is 0 Å². The zero-order chi connectivity index (χ0) is 15.7. The molecule has 0 aliphatic carbocycles. The smallest absolute Gasteiger partial charge is 0.220 e. The second-order valence-corrected chi connectivity index (χ2v) is 8.06. The van der Waals surface area contributed by atoms with E-state index in [-0.39, 0.29) is 10.0 Å². The summed E-state index contributed by atoms with van der Waals surface area (Å²) in [4.78, 5) is 12.5. The molecule has 2 aromatic carbocycles. The van der Waals surface area contributed by atoms with Crippen LogP contribution < -0.4 is 0 Å². The average Bonchev–Trinajstić information content (AvgIpc) is 2.89. The van der Waals surface area contributed by atoms with E-state index in [1.807, 2.05) is 30.3 Å². The molecule has 1 aliphatic rings. The third-order valence-corrected chi connectivity index (χ3v) is 5.57. The summed E-state index contributed by atoms with van der Waals surface area (Å²) < 4.78 is 23.1. The van der Waals surface area contributed by atoms with Gasteiger partial charge in [-0.05, 0) is 28.8 Å². The van der Waals surface area contributed by atoms with Crippen molar-refractivity contribution in [3.8, 4) is 0 Å². The maximum Gasteiger partial charge on any atom is 0.220 e. The van der Waals surface area contributed by atoms with Crippen molar-refractivity contribution in [3.05, 3.63) is 65.7 Å². The van der Waals surface area contributed by atoms with Gasteiger partial charge in [-0.15, -0.1) is 0 Å². The van der Waals surface area contributed by atoms with Crippen molar-refractivity contribution >= 4 is 37.9 Å². The Labute approximate surface area is 134 Å². The molecular formula is C17H14O3S2. The topological polar surface area (TPSA) is 51.2 Å². The average molecular weight is 330 g/mol. The Balaban J connectivity index is 2.09. The van der Waals surface area contributed by atoms with Crippen molar-refractivity contribution in [1.29, 1.82) is 0 Å². The minimum absolute atomic E-state index is 0.0633. The fourth-order valence-corrected chi connectivity index (χ4v) is 4.04. The first-order chi connectivity index (χ1) is 10.5. The molecule has 0 fully saturated rings. The highest BCUT2D eigenvalue weighted by Gasteiger charge is 2.26. The zero-order valence-electron chi connectivity index (χ0n) is 11.9. The summed E-state index contributed by atoms with van der Waals surface area (Å²) in [6.07, 6.45) is 1.19. The Bertz CT molecular complexity index is 849. The van der Waals surface area contributed by atoms with Crippen LogP contribution in [-0.4, -0.2) is 25.5 Å². The SMILES string of the molecule is CS(=O)(=O)c1ccc(C2=C(c3ccccc3)C(=O)SC2)cc1. The number of sulfone groups is 1. The van der Waals surface area contributed by atoms with Crippen molar-refractivity contribution in [2.75, 3.05) is 12.0 Å². The Morgan fingerprint density at radius 1 is 0.909 bits per heavy atom. The Morgan fingerprint density at radius 3 is 2.14 bits per heavy atom. The van der Waals surface area contributed by atoms with E-state index in [0.29, 0.717) is 5.75 Å². The minimum atomic E-state index is -3.21. The van der Waals surface area contributed by atoms with Crippen molar-refractivity contribution in [3.63, 3.8) is 0 Å². The third-order valence-electron chi connectivity index (χ3n) is 3.55. The molecule has 0 aromatic heterocycles. The first-order valence-electron chi connectivity index (χ1n) is 6.73. The number of carbonyl (C=O) groups excluding carboxylic acids is 1. The molecule has 0 radical (unpaired) electrons. The van der Waals surface area contributed by atoms with Gasteiger partial charge in [-0.3, -0.25) is 4.79 Å². The van der Waals surface area contributed by atoms with E-state index >= 15 is 0 Å². The zero-order valence-corrected chi connectivity index (χ0v) is 13.6. The van der Waals surface area contributed by atoms with Gasteiger partial charge in [0.15, 0.2) is 9.84 Å². The van der Waals surface area contributed by atoms with Gasteiger partial charge in [0.25, 0.3) is 0 Å². The number of hydrogen-bond donors (Lipinski definition) is 0. The van der Waals surface area contributed by atoms with Gasteiger partial charge in [0.2, 0.25) is 5.12 Å². The highest BCUT2D eigenvalue weighted by molar-refractivity contribution is 8.15. The normalized spacial score (nSPS) is 15.4. The highest BCUT2D eigenvalue weighted by Crippen LogP contribution is 2.39. The number of benzene rings is 2. The molecule has 0 bridgehead atoms. The van der Waals surface area contributed by atoms with E-state index in [1.54, 1.807) is 24.3 Å². The standard InChI is InChI=1S/C17H14O3S2/c1-22(19,20)14-9-7-12(8-10-14)15-11-21-17(18)16(15)13-5-3-2-4-6-13/h2-10H,11H2,1H3. The van der Waals surface area contributed by atoms with Gasteiger partial charge in [0, 0.05) is 17.6 Å². The van der Waals surface area contributed by atoms with Crippen LogP contribution in [0.15, 0.2) is 59.5 Å². The number of carbonyl (C=O) groups is 1. The molecule has 22 heavy (non-hydrogen) atoms. The summed E-state index contributed by atoms with van der Waals surface area (Å²) in [5.74, 6) is 0.612. The van der Waals surface area contributed by atoms with Crippen molar-refractivity contribution in [2.45, 2.75) is 4.90 Å². The monoisotopic (exact) mass is 330 g/mol. The number of hydrogen-bond acceptors (Lipinski definition) is 4. The second kappa shape index (κ2) is 5.74. The molecule has 0 saturated heterocycles. The Morgan fingerprint density at radius 2 is 1.55 bits per heavy atom. The lowest BCUT2D eigenvalue weighted by atomic mass is 9.97. The molecule has 0 amide bonds. The van der Waals surface area contributed by atoms with Crippen LogP contribution in [0.4, 0.5) is 0 Å². The minimum Gasteiger partial charge on any atom is -0.282 e. The Kier molecular flexibility index (Phi) is 3.93. The van der Waals surface area contributed by atoms with Gasteiger partial charge >= 0.3 is 0 Å². The van der Waals surface area contributed by atoms with Gasteiger partial charge in [0.05, 0.1) is 4.90 Å². The lowest BCUT2D eigenvalue weighted by Gasteiger charge is -2.07. The van der Waals surface area contributed by atoms with E-state index in [2.05, 4.69) is 0 Å². The molecule has 1 heterocycles. The third kappa shape index (κ3) is 2.87. The van der Waals surface area contributed by atoms with Crippen molar-refractivity contribution < 1.29 is 13.2 Å². The maximum atomic E-state index is 12.2. The van der Waals surface area contributed by atoms with E-state index in [4.69, 9.17) is 0 Å². The van der Waals surface area contributed by atoms with E-state index < -0.39 is 9.84 Å². The van der Waals surface area contributed by atoms with Crippen LogP contribution in [0.3, 0.4) is 0 Å². The quantitative estimate of drug-likeness (QED) is 0.867. The van der Waals surface area contributed by atoms with Crippen LogP contribution in [0.2, 0.25) is 0 Å². The van der Waals surface area contributed by atoms with Gasteiger partial charge in [-0.2, -0.15) is 0 Å². The van der Waals surface area contributed by atoms with Crippen molar-refractivity contribution in [1.82, 2.24) is 0 Å². The predicted octanol–water partition coefficient (Wildman–Crippen LogP) is 3.27. The summed E-state index contributed by atoms with van der Waals surface area (Å²) in [6.45, 7) is 0. The molecule has 5 heteroatoms.